The van der Waals surface area contributed by atoms with Gasteiger partial charge in [-0.05, 0) is 49.9 Å². The van der Waals surface area contributed by atoms with Crippen molar-refractivity contribution in [3.63, 3.8) is 0 Å². The Kier molecular flexibility index (Phi) is 6.69. The average molecular weight is 286 g/mol. The molecule has 0 amide bonds. The zero-order valence-electron chi connectivity index (χ0n) is 9.79. The third-order valence-electron chi connectivity index (χ3n) is 2.67. The minimum atomic E-state index is 0.452. The molecule has 0 aliphatic rings. The fourth-order valence-electron chi connectivity index (χ4n) is 1.73. The molecule has 1 aromatic carbocycles. The van der Waals surface area contributed by atoms with E-state index in [0.29, 0.717) is 12.5 Å². The molecular formula is C13H20BrNO. The summed E-state index contributed by atoms with van der Waals surface area (Å²) in [4.78, 5) is 0. The first-order valence-electron chi connectivity index (χ1n) is 5.81. The van der Waals surface area contributed by atoms with Crippen molar-refractivity contribution in [1.82, 2.24) is 0 Å². The Morgan fingerprint density at radius 1 is 1.31 bits per heavy atom. The molecule has 90 valence electrons. The molecule has 1 aromatic rings. The molecule has 0 aliphatic carbocycles. The molecule has 1 rings (SSSR count). The summed E-state index contributed by atoms with van der Waals surface area (Å²) in [5.74, 6) is 0.452. The van der Waals surface area contributed by atoms with Gasteiger partial charge in [-0.25, -0.2) is 0 Å². The van der Waals surface area contributed by atoms with Gasteiger partial charge in [-0.3, -0.25) is 0 Å². The summed E-state index contributed by atoms with van der Waals surface area (Å²) in [7, 11) is 0. The first kappa shape index (κ1) is 13.7. The van der Waals surface area contributed by atoms with Gasteiger partial charge >= 0.3 is 0 Å². The summed E-state index contributed by atoms with van der Waals surface area (Å²) in [6.07, 6.45) is 2.17. The summed E-state index contributed by atoms with van der Waals surface area (Å²) in [6.45, 7) is 4.36. The highest BCUT2D eigenvalue weighted by Gasteiger charge is 2.08. The van der Waals surface area contributed by atoms with Crippen molar-refractivity contribution in [2.45, 2.75) is 25.7 Å². The van der Waals surface area contributed by atoms with Crippen molar-refractivity contribution in [3.8, 4) is 0 Å². The number of nitrogens with two attached hydrogens (primary N) is 1. The van der Waals surface area contributed by atoms with Gasteiger partial charge in [0, 0.05) is 17.7 Å². The van der Waals surface area contributed by atoms with Crippen LogP contribution in [0, 0.1) is 0 Å². The molecule has 1 atom stereocenters. The molecule has 0 saturated heterocycles. The standard InChI is InChI=1S/C13H20BrNO/c1-2-16-9-3-4-12(10-15)11-5-7-13(14)8-6-11/h5-8,12H,2-4,9-10,15H2,1H3. The maximum Gasteiger partial charge on any atom is 0.0466 e. The Balaban J connectivity index is 2.44. The van der Waals surface area contributed by atoms with E-state index in [1.165, 1.54) is 5.56 Å². The molecular weight excluding hydrogens is 266 g/mol. The Morgan fingerprint density at radius 3 is 2.56 bits per heavy atom. The van der Waals surface area contributed by atoms with E-state index in [1.54, 1.807) is 0 Å². The van der Waals surface area contributed by atoms with Crippen molar-refractivity contribution in [3.05, 3.63) is 34.3 Å². The predicted molar refractivity (Wildman–Crippen MR) is 71.7 cm³/mol. The number of benzene rings is 1. The van der Waals surface area contributed by atoms with E-state index in [4.69, 9.17) is 10.5 Å². The maximum absolute atomic E-state index is 5.81. The molecule has 0 fully saturated rings. The molecule has 0 heterocycles. The second-order valence-corrected chi connectivity index (χ2v) is 4.74. The summed E-state index contributed by atoms with van der Waals surface area (Å²) < 4.78 is 6.45. The fraction of sp³-hybridized carbons (Fsp3) is 0.538. The van der Waals surface area contributed by atoms with E-state index in [2.05, 4.69) is 40.2 Å². The highest BCUT2D eigenvalue weighted by atomic mass is 79.9. The lowest BCUT2D eigenvalue weighted by atomic mass is 9.95. The number of hydrogen-bond donors (Lipinski definition) is 1. The topological polar surface area (TPSA) is 35.2 Å². The van der Waals surface area contributed by atoms with Crippen molar-refractivity contribution in [2.24, 2.45) is 5.73 Å². The second kappa shape index (κ2) is 7.82. The van der Waals surface area contributed by atoms with Gasteiger partial charge in [0.05, 0.1) is 0 Å². The van der Waals surface area contributed by atoms with Gasteiger partial charge in [-0.2, -0.15) is 0 Å². The lowest BCUT2D eigenvalue weighted by Crippen LogP contribution is -2.13. The van der Waals surface area contributed by atoms with Gasteiger partial charge in [0.1, 0.15) is 0 Å². The largest absolute Gasteiger partial charge is 0.382 e. The van der Waals surface area contributed by atoms with Gasteiger partial charge in [0.2, 0.25) is 0 Å². The zero-order chi connectivity index (χ0) is 11.8. The van der Waals surface area contributed by atoms with Crippen LogP contribution in [0.25, 0.3) is 0 Å². The first-order valence-corrected chi connectivity index (χ1v) is 6.60. The van der Waals surface area contributed by atoms with Crippen molar-refractivity contribution >= 4 is 15.9 Å². The highest BCUT2D eigenvalue weighted by Crippen LogP contribution is 2.22. The average Bonchev–Trinajstić information content (AvgIpc) is 2.31. The summed E-state index contributed by atoms with van der Waals surface area (Å²) in [5.41, 5.74) is 7.13. The molecule has 0 radical (unpaired) electrons. The maximum atomic E-state index is 5.81. The monoisotopic (exact) mass is 285 g/mol. The van der Waals surface area contributed by atoms with Crippen LogP contribution in [-0.4, -0.2) is 19.8 Å². The third-order valence-corrected chi connectivity index (χ3v) is 3.20. The summed E-state index contributed by atoms with van der Waals surface area (Å²) >= 11 is 3.44. The molecule has 1 unspecified atom stereocenters. The Bertz CT molecular complexity index is 286. The molecule has 0 saturated carbocycles. The quantitative estimate of drug-likeness (QED) is 0.780. The van der Waals surface area contributed by atoms with Crippen molar-refractivity contribution in [2.75, 3.05) is 19.8 Å². The van der Waals surface area contributed by atoms with Crippen LogP contribution in [0.15, 0.2) is 28.7 Å². The Labute approximate surface area is 106 Å². The molecule has 2 N–H and O–H groups in total. The van der Waals surface area contributed by atoms with E-state index >= 15 is 0 Å². The van der Waals surface area contributed by atoms with E-state index in [0.717, 1.165) is 30.5 Å². The highest BCUT2D eigenvalue weighted by molar-refractivity contribution is 9.10. The lowest BCUT2D eigenvalue weighted by molar-refractivity contribution is 0.142. The van der Waals surface area contributed by atoms with Gasteiger partial charge in [-0.15, -0.1) is 0 Å². The Morgan fingerprint density at radius 2 is 2.00 bits per heavy atom. The normalized spacial score (nSPS) is 12.7. The van der Waals surface area contributed by atoms with Crippen molar-refractivity contribution < 1.29 is 4.74 Å². The third kappa shape index (κ3) is 4.64. The molecule has 0 spiro atoms. The molecule has 0 aliphatic heterocycles. The van der Waals surface area contributed by atoms with E-state index < -0.39 is 0 Å². The first-order chi connectivity index (χ1) is 7.77. The van der Waals surface area contributed by atoms with Gasteiger partial charge in [0.15, 0.2) is 0 Å². The van der Waals surface area contributed by atoms with E-state index in [9.17, 15) is 0 Å². The van der Waals surface area contributed by atoms with Crippen LogP contribution in [0.5, 0.6) is 0 Å². The summed E-state index contributed by atoms with van der Waals surface area (Å²) in [5, 5.41) is 0. The smallest absolute Gasteiger partial charge is 0.0466 e. The molecule has 3 heteroatoms. The minimum absolute atomic E-state index is 0.452. The number of rotatable bonds is 7. The van der Waals surface area contributed by atoms with Gasteiger partial charge in [0.25, 0.3) is 0 Å². The van der Waals surface area contributed by atoms with Crippen LogP contribution in [0.4, 0.5) is 0 Å². The number of hydrogen-bond acceptors (Lipinski definition) is 2. The van der Waals surface area contributed by atoms with Crippen LogP contribution in [0.2, 0.25) is 0 Å². The van der Waals surface area contributed by atoms with Gasteiger partial charge in [-0.1, -0.05) is 28.1 Å². The summed E-state index contributed by atoms with van der Waals surface area (Å²) in [6, 6.07) is 8.42. The van der Waals surface area contributed by atoms with E-state index in [1.807, 2.05) is 6.92 Å². The van der Waals surface area contributed by atoms with Gasteiger partial charge < -0.3 is 10.5 Å². The molecule has 16 heavy (non-hydrogen) atoms. The molecule has 2 nitrogen and oxygen atoms in total. The number of halogens is 1. The Hall–Kier alpha value is -0.380. The van der Waals surface area contributed by atoms with E-state index in [-0.39, 0.29) is 0 Å². The van der Waals surface area contributed by atoms with Crippen LogP contribution in [0.1, 0.15) is 31.2 Å². The lowest BCUT2D eigenvalue weighted by Gasteiger charge is -2.15. The predicted octanol–water partition coefficient (Wildman–Crippen LogP) is 3.31. The minimum Gasteiger partial charge on any atom is -0.382 e. The van der Waals surface area contributed by atoms with Crippen LogP contribution in [0.3, 0.4) is 0 Å². The molecule has 0 aromatic heterocycles. The SMILES string of the molecule is CCOCCCC(CN)c1ccc(Br)cc1. The zero-order valence-corrected chi connectivity index (χ0v) is 11.4. The number of ether oxygens (including phenoxy) is 1. The second-order valence-electron chi connectivity index (χ2n) is 3.82. The van der Waals surface area contributed by atoms with Crippen LogP contribution < -0.4 is 5.73 Å². The van der Waals surface area contributed by atoms with Crippen molar-refractivity contribution in [1.29, 1.82) is 0 Å². The fourth-order valence-corrected chi connectivity index (χ4v) is 2.00. The van der Waals surface area contributed by atoms with Crippen LogP contribution >= 0.6 is 15.9 Å². The van der Waals surface area contributed by atoms with Crippen LogP contribution in [-0.2, 0) is 4.74 Å². The molecule has 0 bridgehead atoms.